The quantitative estimate of drug-likeness (QED) is 0.525. The lowest BCUT2D eigenvalue weighted by Crippen LogP contribution is -2.19. The van der Waals surface area contributed by atoms with Gasteiger partial charge in [-0.3, -0.25) is 9.59 Å². The molecule has 4 rings (SSSR count). The molecule has 2 heterocycles. The predicted octanol–water partition coefficient (Wildman–Crippen LogP) is 3.82. The van der Waals surface area contributed by atoms with Crippen LogP contribution in [0.25, 0.3) is 11.3 Å². The first kappa shape index (κ1) is 19.7. The van der Waals surface area contributed by atoms with Gasteiger partial charge in [0, 0.05) is 49.9 Å². The minimum atomic E-state index is -0.245. The van der Waals surface area contributed by atoms with Crippen molar-refractivity contribution < 1.29 is 19.0 Å². The molecule has 0 unspecified atom stereocenters. The van der Waals surface area contributed by atoms with Crippen LogP contribution in [0.2, 0.25) is 0 Å². The van der Waals surface area contributed by atoms with Crippen molar-refractivity contribution >= 4 is 5.78 Å². The van der Waals surface area contributed by atoms with Crippen molar-refractivity contribution in [2.75, 3.05) is 27.4 Å². The van der Waals surface area contributed by atoms with Crippen LogP contribution in [0.15, 0.2) is 29.2 Å². The van der Waals surface area contributed by atoms with Gasteiger partial charge in [-0.25, -0.2) is 0 Å². The zero-order chi connectivity index (χ0) is 20.9. The summed E-state index contributed by atoms with van der Waals surface area (Å²) in [5.74, 6) is 1.43. The monoisotopic (exact) mass is 397 g/mol. The van der Waals surface area contributed by atoms with Gasteiger partial charge in [-0.05, 0) is 30.0 Å². The van der Waals surface area contributed by atoms with Crippen LogP contribution in [0.1, 0.15) is 55.1 Å². The molecule has 1 aromatic carbocycles. The maximum absolute atomic E-state index is 12.5. The topological polar surface area (TPSA) is 66.8 Å². The molecule has 29 heavy (non-hydrogen) atoms. The van der Waals surface area contributed by atoms with Gasteiger partial charge < -0.3 is 18.8 Å². The lowest BCUT2D eigenvalue weighted by atomic mass is 9.93. The highest BCUT2D eigenvalue weighted by molar-refractivity contribution is 5.94. The van der Waals surface area contributed by atoms with Gasteiger partial charge in [0.15, 0.2) is 22.7 Å². The number of aromatic nitrogens is 1. The number of Topliss-reactive ketones (excluding diaryl/α,β-unsaturated/α-hetero) is 1. The van der Waals surface area contributed by atoms with E-state index >= 15 is 0 Å². The van der Waals surface area contributed by atoms with Gasteiger partial charge in [0.25, 0.3) is 0 Å². The predicted molar refractivity (Wildman–Crippen MR) is 110 cm³/mol. The maximum Gasteiger partial charge on any atom is 0.192 e. The second kappa shape index (κ2) is 7.02. The highest BCUT2D eigenvalue weighted by atomic mass is 16.5. The van der Waals surface area contributed by atoms with E-state index < -0.39 is 0 Å². The van der Waals surface area contributed by atoms with Crippen LogP contribution in [0, 0.1) is 5.41 Å². The third-order valence-corrected chi connectivity index (χ3v) is 6.23. The van der Waals surface area contributed by atoms with Crippen LogP contribution in [0.3, 0.4) is 0 Å². The van der Waals surface area contributed by atoms with E-state index in [1.807, 2.05) is 6.07 Å². The standard InChI is InChI=1S/C23H27NO5/c1-13(25)16-12-24-17(11-18(16)26)14-9-19(28-5)20(29-8-6-7-27-4)10-15(14)21-22(24)23(21,2)3/h9-12,21-22H,6-8H2,1-5H3/t21-,22+/m1/s1. The van der Waals surface area contributed by atoms with Gasteiger partial charge in [0.2, 0.25) is 0 Å². The number of carbonyl (C=O) groups excluding carboxylic acids is 1. The molecule has 1 fully saturated rings. The number of pyridine rings is 1. The number of hydrogen-bond donors (Lipinski definition) is 0. The van der Waals surface area contributed by atoms with Gasteiger partial charge >= 0.3 is 0 Å². The normalized spacial score (nSPS) is 20.3. The van der Waals surface area contributed by atoms with Gasteiger partial charge in [0.05, 0.1) is 25.0 Å². The fourth-order valence-electron chi connectivity index (χ4n) is 4.67. The second-order valence-corrected chi connectivity index (χ2v) is 8.43. The van der Waals surface area contributed by atoms with Gasteiger partial charge in [-0.15, -0.1) is 0 Å². The van der Waals surface area contributed by atoms with E-state index in [0.717, 1.165) is 23.2 Å². The Balaban J connectivity index is 1.84. The highest BCUT2D eigenvalue weighted by Crippen LogP contribution is 2.71. The molecule has 0 amide bonds. The average molecular weight is 397 g/mol. The fourth-order valence-corrected chi connectivity index (χ4v) is 4.67. The SMILES string of the molecule is COCCCOc1cc2c(cc1OC)-c1cc(=O)c(C(C)=O)cn1[C@H]1[C@@H]2C1(C)C. The van der Waals surface area contributed by atoms with Crippen molar-refractivity contribution in [3.63, 3.8) is 0 Å². The van der Waals surface area contributed by atoms with Crippen LogP contribution in [-0.4, -0.2) is 37.8 Å². The molecular formula is C23H27NO5. The molecule has 0 N–H and O–H groups in total. The number of benzene rings is 1. The Bertz CT molecular complexity index is 1040. The minimum absolute atomic E-state index is 0.0189. The van der Waals surface area contributed by atoms with E-state index in [-0.39, 0.29) is 28.2 Å². The zero-order valence-corrected chi connectivity index (χ0v) is 17.6. The Morgan fingerprint density at radius 2 is 1.90 bits per heavy atom. The molecule has 1 aliphatic carbocycles. The number of methoxy groups -OCH3 is 2. The van der Waals surface area contributed by atoms with Crippen molar-refractivity contribution in [3.05, 3.63) is 45.7 Å². The first-order valence-corrected chi connectivity index (χ1v) is 9.92. The molecular weight excluding hydrogens is 370 g/mol. The van der Waals surface area contributed by atoms with E-state index in [0.29, 0.717) is 30.6 Å². The van der Waals surface area contributed by atoms with Crippen LogP contribution in [0.5, 0.6) is 11.5 Å². The number of carbonyl (C=O) groups is 1. The van der Waals surface area contributed by atoms with Gasteiger partial charge in [-0.2, -0.15) is 0 Å². The fraction of sp³-hybridized carbons (Fsp3) is 0.478. The summed E-state index contributed by atoms with van der Waals surface area (Å²) in [5.41, 5.74) is 2.97. The number of hydrogen-bond acceptors (Lipinski definition) is 5. The third kappa shape index (κ3) is 3.06. The molecule has 0 radical (unpaired) electrons. The maximum atomic E-state index is 12.5. The first-order valence-electron chi connectivity index (χ1n) is 9.92. The Morgan fingerprint density at radius 1 is 1.14 bits per heavy atom. The molecule has 0 bridgehead atoms. The second-order valence-electron chi connectivity index (χ2n) is 8.43. The zero-order valence-electron chi connectivity index (χ0n) is 17.6. The molecule has 2 aromatic rings. The number of fused-ring (bicyclic) bond motifs is 6. The van der Waals surface area contributed by atoms with E-state index in [4.69, 9.17) is 14.2 Å². The average Bonchev–Trinajstić information content (AvgIpc) is 3.26. The molecule has 154 valence electrons. The summed E-state index contributed by atoms with van der Waals surface area (Å²) in [5, 5.41) is 0. The Hall–Kier alpha value is -2.60. The van der Waals surface area contributed by atoms with Crippen molar-refractivity contribution in [3.8, 4) is 22.8 Å². The number of ketones is 1. The number of nitrogens with zero attached hydrogens (tertiary/aromatic N) is 1. The molecule has 1 aromatic heterocycles. The summed E-state index contributed by atoms with van der Waals surface area (Å²) in [6, 6.07) is 5.79. The molecule has 6 heteroatoms. The number of ether oxygens (including phenoxy) is 3. The molecule has 1 saturated carbocycles. The smallest absolute Gasteiger partial charge is 0.192 e. The van der Waals surface area contributed by atoms with Crippen LogP contribution in [0.4, 0.5) is 0 Å². The van der Waals surface area contributed by atoms with Gasteiger partial charge in [0.1, 0.15) is 0 Å². The van der Waals surface area contributed by atoms with Crippen LogP contribution >= 0.6 is 0 Å². The van der Waals surface area contributed by atoms with Gasteiger partial charge in [-0.1, -0.05) is 13.8 Å². The van der Waals surface area contributed by atoms with Crippen molar-refractivity contribution in [2.24, 2.45) is 5.41 Å². The Morgan fingerprint density at radius 3 is 2.55 bits per heavy atom. The molecule has 2 aliphatic rings. The van der Waals surface area contributed by atoms with Crippen molar-refractivity contribution in [1.29, 1.82) is 0 Å². The summed E-state index contributed by atoms with van der Waals surface area (Å²) in [4.78, 5) is 24.5. The first-order chi connectivity index (χ1) is 13.8. The van der Waals surface area contributed by atoms with E-state index in [2.05, 4.69) is 24.5 Å². The van der Waals surface area contributed by atoms with E-state index in [1.54, 1.807) is 26.5 Å². The van der Waals surface area contributed by atoms with Crippen LogP contribution in [-0.2, 0) is 4.74 Å². The Labute approximate surface area is 170 Å². The lowest BCUT2D eigenvalue weighted by molar-refractivity contribution is 0.101. The molecule has 1 aliphatic heterocycles. The van der Waals surface area contributed by atoms with Crippen molar-refractivity contribution in [2.45, 2.75) is 39.2 Å². The van der Waals surface area contributed by atoms with Crippen molar-refractivity contribution in [1.82, 2.24) is 4.57 Å². The van der Waals surface area contributed by atoms with Crippen LogP contribution < -0.4 is 14.9 Å². The lowest BCUT2D eigenvalue weighted by Gasteiger charge is -2.24. The molecule has 2 atom stereocenters. The number of rotatable bonds is 7. The minimum Gasteiger partial charge on any atom is -0.493 e. The highest BCUT2D eigenvalue weighted by Gasteiger charge is 2.62. The summed E-state index contributed by atoms with van der Waals surface area (Å²) >= 11 is 0. The summed E-state index contributed by atoms with van der Waals surface area (Å²) in [6.07, 6.45) is 2.53. The summed E-state index contributed by atoms with van der Waals surface area (Å²) in [7, 11) is 3.29. The molecule has 6 nitrogen and oxygen atoms in total. The molecule has 0 spiro atoms. The summed E-state index contributed by atoms with van der Waals surface area (Å²) < 4.78 is 18.7. The third-order valence-electron chi connectivity index (χ3n) is 6.23. The van der Waals surface area contributed by atoms with E-state index in [1.165, 1.54) is 6.92 Å². The largest absolute Gasteiger partial charge is 0.493 e. The summed E-state index contributed by atoms with van der Waals surface area (Å²) in [6.45, 7) is 7.05. The van der Waals surface area contributed by atoms with E-state index in [9.17, 15) is 9.59 Å². The Kier molecular flexibility index (Phi) is 4.77. The molecule has 0 saturated heterocycles.